The number of nitrogens with zero attached hydrogens (tertiary/aromatic N) is 1. The summed E-state index contributed by atoms with van der Waals surface area (Å²) in [5.74, 6) is -0.711. The van der Waals surface area contributed by atoms with Crippen LogP contribution in [-0.4, -0.2) is 50.0 Å². The molecular weight excluding hydrogens is 553 g/mol. The van der Waals surface area contributed by atoms with Gasteiger partial charge in [0.05, 0.1) is 32.0 Å². The fourth-order valence-electron chi connectivity index (χ4n) is 6.18. The fourth-order valence-corrected chi connectivity index (χ4v) is 6.18. The zero-order chi connectivity index (χ0) is 31.2. The van der Waals surface area contributed by atoms with Crippen LogP contribution in [0.5, 0.6) is 17.2 Å². The summed E-state index contributed by atoms with van der Waals surface area (Å²) < 4.78 is 38.3. The minimum Gasteiger partial charge on any atom is -0.497 e. The standard InChI is InChI=1S/C34H38FNO7/c1-18-15-26-22(12-13-36(26)32(37)23-11-10-20(40-6)16-27(23)41-7)29(28(18)31(33(38)39)43-34(3,4)5)24-17-25(35)30-21(19(24)2)9-8-14-42-30/h10-11,15-17,31H,8-9,12-14H2,1-7H3,(H,38,39). The van der Waals surface area contributed by atoms with E-state index in [0.717, 1.165) is 23.1 Å². The van der Waals surface area contributed by atoms with E-state index in [4.69, 9.17) is 18.9 Å². The highest BCUT2D eigenvalue weighted by molar-refractivity contribution is 6.10. The molecule has 3 aromatic rings. The highest BCUT2D eigenvalue weighted by Crippen LogP contribution is 2.48. The van der Waals surface area contributed by atoms with E-state index in [-0.39, 0.29) is 11.7 Å². The zero-order valence-corrected chi connectivity index (χ0v) is 25.7. The smallest absolute Gasteiger partial charge is 0.337 e. The first kappa shape index (κ1) is 30.4. The highest BCUT2D eigenvalue weighted by Gasteiger charge is 2.37. The lowest BCUT2D eigenvalue weighted by Gasteiger charge is -2.30. The second-order valence-electron chi connectivity index (χ2n) is 12.0. The van der Waals surface area contributed by atoms with Crippen molar-refractivity contribution in [3.05, 3.63) is 69.5 Å². The normalized spacial score (nSPS) is 14.9. The number of carboxylic acids is 1. The molecule has 0 bridgehead atoms. The molecule has 228 valence electrons. The molecule has 0 fully saturated rings. The predicted octanol–water partition coefficient (Wildman–Crippen LogP) is 6.60. The van der Waals surface area contributed by atoms with Crippen LogP contribution < -0.4 is 19.1 Å². The van der Waals surface area contributed by atoms with Crippen molar-refractivity contribution in [3.63, 3.8) is 0 Å². The topological polar surface area (TPSA) is 94.5 Å². The number of rotatable bonds is 7. The average molecular weight is 592 g/mol. The van der Waals surface area contributed by atoms with Crippen LogP contribution in [0.1, 0.15) is 71.5 Å². The van der Waals surface area contributed by atoms with E-state index in [9.17, 15) is 14.7 Å². The lowest BCUT2D eigenvalue weighted by Crippen LogP contribution is -2.30. The van der Waals surface area contributed by atoms with Gasteiger partial charge in [-0.25, -0.2) is 9.18 Å². The molecule has 43 heavy (non-hydrogen) atoms. The second-order valence-corrected chi connectivity index (χ2v) is 12.0. The van der Waals surface area contributed by atoms with Gasteiger partial charge in [-0.15, -0.1) is 0 Å². The summed E-state index contributed by atoms with van der Waals surface area (Å²) in [6.45, 7) is 9.93. The summed E-state index contributed by atoms with van der Waals surface area (Å²) in [4.78, 5) is 28.4. The molecule has 0 spiro atoms. The van der Waals surface area contributed by atoms with E-state index >= 15 is 4.39 Å². The second kappa shape index (κ2) is 11.5. The third-order valence-corrected chi connectivity index (χ3v) is 8.08. The number of aliphatic carboxylic acids is 1. The summed E-state index contributed by atoms with van der Waals surface area (Å²) >= 11 is 0. The van der Waals surface area contributed by atoms with Crippen molar-refractivity contribution in [1.82, 2.24) is 0 Å². The van der Waals surface area contributed by atoms with Gasteiger partial charge in [-0.3, -0.25) is 4.79 Å². The maximum absolute atomic E-state index is 15.6. The van der Waals surface area contributed by atoms with E-state index in [1.54, 1.807) is 51.0 Å². The molecular formula is C34H38FNO7. The van der Waals surface area contributed by atoms with E-state index in [1.807, 2.05) is 19.9 Å². The number of anilines is 1. The Labute approximate surface area is 251 Å². The summed E-state index contributed by atoms with van der Waals surface area (Å²) in [5.41, 5.74) is 4.86. The highest BCUT2D eigenvalue weighted by atomic mass is 19.1. The van der Waals surface area contributed by atoms with Gasteiger partial charge in [-0.2, -0.15) is 0 Å². The lowest BCUT2D eigenvalue weighted by molar-refractivity contribution is -0.160. The molecule has 1 N–H and O–H groups in total. The van der Waals surface area contributed by atoms with Crippen molar-refractivity contribution < 1.29 is 38.0 Å². The minimum absolute atomic E-state index is 0.252. The Bertz CT molecular complexity index is 1610. The monoisotopic (exact) mass is 591 g/mol. The molecule has 8 nitrogen and oxygen atoms in total. The van der Waals surface area contributed by atoms with Crippen molar-refractivity contribution in [2.75, 3.05) is 32.3 Å². The average Bonchev–Trinajstić information content (AvgIpc) is 3.39. The minimum atomic E-state index is -1.32. The Balaban J connectivity index is 1.76. The molecule has 0 aliphatic carbocycles. The number of hydrogen-bond acceptors (Lipinski definition) is 6. The first-order chi connectivity index (χ1) is 20.4. The number of carbonyl (C=O) groups excluding carboxylic acids is 1. The maximum atomic E-state index is 15.6. The summed E-state index contributed by atoms with van der Waals surface area (Å²) in [6.07, 6.45) is 0.532. The van der Waals surface area contributed by atoms with Gasteiger partial charge in [0.15, 0.2) is 17.7 Å². The number of benzene rings is 3. The lowest BCUT2D eigenvalue weighted by atomic mass is 9.83. The summed E-state index contributed by atoms with van der Waals surface area (Å²) in [6, 6.07) is 8.30. The molecule has 1 atom stereocenters. The van der Waals surface area contributed by atoms with Gasteiger partial charge in [0.2, 0.25) is 0 Å². The Morgan fingerprint density at radius 2 is 1.79 bits per heavy atom. The number of carbonyl (C=O) groups is 2. The molecule has 0 saturated heterocycles. The van der Waals surface area contributed by atoms with Gasteiger partial charge in [-0.05, 0) is 106 Å². The van der Waals surface area contributed by atoms with Gasteiger partial charge in [0, 0.05) is 29.4 Å². The van der Waals surface area contributed by atoms with Crippen molar-refractivity contribution in [2.45, 2.75) is 65.6 Å². The largest absolute Gasteiger partial charge is 0.497 e. The molecule has 0 aromatic heterocycles. The van der Waals surface area contributed by atoms with E-state index in [1.165, 1.54) is 13.2 Å². The number of amides is 1. The molecule has 3 aromatic carbocycles. The van der Waals surface area contributed by atoms with Gasteiger partial charge in [0.25, 0.3) is 5.91 Å². The molecule has 2 aliphatic rings. The first-order valence-electron chi connectivity index (χ1n) is 14.4. The number of carboxylic acid groups (broad SMARTS) is 1. The van der Waals surface area contributed by atoms with Crippen molar-refractivity contribution in [2.24, 2.45) is 0 Å². The molecule has 9 heteroatoms. The van der Waals surface area contributed by atoms with E-state index in [2.05, 4.69) is 0 Å². The van der Waals surface area contributed by atoms with Crippen molar-refractivity contribution >= 4 is 17.6 Å². The molecule has 0 saturated carbocycles. The van der Waals surface area contributed by atoms with Gasteiger partial charge in [0.1, 0.15) is 11.5 Å². The summed E-state index contributed by atoms with van der Waals surface area (Å²) in [7, 11) is 3.04. The fraction of sp³-hybridized carbons (Fsp3) is 0.412. The predicted molar refractivity (Wildman–Crippen MR) is 161 cm³/mol. The van der Waals surface area contributed by atoms with E-state index in [0.29, 0.717) is 71.0 Å². The molecule has 1 unspecified atom stereocenters. The van der Waals surface area contributed by atoms with Gasteiger partial charge < -0.3 is 29.0 Å². The third kappa shape index (κ3) is 5.54. The molecule has 0 radical (unpaired) electrons. The van der Waals surface area contributed by atoms with Gasteiger partial charge >= 0.3 is 5.97 Å². The van der Waals surface area contributed by atoms with Crippen LogP contribution in [-0.2, 0) is 22.4 Å². The van der Waals surface area contributed by atoms with Crippen molar-refractivity contribution in [1.29, 1.82) is 0 Å². The van der Waals surface area contributed by atoms with Crippen LogP contribution in [0.3, 0.4) is 0 Å². The van der Waals surface area contributed by atoms with Gasteiger partial charge in [-0.1, -0.05) is 0 Å². The SMILES string of the molecule is COc1ccc(C(=O)N2CCc3c2cc(C)c(C(OC(C)(C)C)C(=O)O)c3-c2cc(F)c3c(c2C)CCCO3)c(OC)c1. The van der Waals surface area contributed by atoms with E-state index < -0.39 is 23.5 Å². The first-order valence-corrected chi connectivity index (χ1v) is 14.4. The third-order valence-electron chi connectivity index (χ3n) is 8.08. The Hall–Kier alpha value is -4.11. The number of halogens is 1. The Morgan fingerprint density at radius 3 is 2.44 bits per heavy atom. The number of hydrogen-bond donors (Lipinski definition) is 1. The number of ether oxygens (including phenoxy) is 4. The molecule has 1 amide bonds. The molecule has 2 aliphatic heterocycles. The Kier molecular flexibility index (Phi) is 8.13. The Morgan fingerprint density at radius 1 is 1.05 bits per heavy atom. The number of fused-ring (bicyclic) bond motifs is 2. The van der Waals surface area contributed by atoms with Crippen LogP contribution in [0.25, 0.3) is 11.1 Å². The summed E-state index contributed by atoms with van der Waals surface area (Å²) in [5, 5.41) is 10.4. The van der Waals surface area contributed by atoms with Crippen LogP contribution in [0.15, 0.2) is 30.3 Å². The molecule has 2 heterocycles. The van der Waals surface area contributed by atoms with Crippen LogP contribution in [0.4, 0.5) is 10.1 Å². The number of aryl methyl sites for hydroxylation is 1. The van der Waals surface area contributed by atoms with Crippen LogP contribution in [0, 0.1) is 19.7 Å². The zero-order valence-electron chi connectivity index (χ0n) is 25.7. The maximum Gasteiger partial charge on any atom is 0.337 e. The number of methoxy groups -OCH3 is 2. The quantitative estimate of drug-likeness (QED) is 0.331. The van der Waals surface area contributed by atoms with Crippen LogP contribution in [0.2, 0.25) is 0 Å². The van der Waals surface area contributed by atoms with Crippen LogP contribution >= 0.6 is 0 Å². The van der Waals surface area contributed by atoms with Crippen molar-refractivity contribution in [3.8, 4) is 28.4 Å². The molecule has 5 rings (SSSR count).